The van der Waals surface area contributed by atoms with Crippen LogP contribution >= 0.6 is 0 Å². The van der Waals surface area contributed by atoms with Gasteiger partial charge in [-0.1, -0.05) is 370 Å². The topological polar surface area (TPSA) is 72.8 Å². The Bertz CT molecular complexity index is 1980. The molecule has 1 N–H and O–H groups in total. The molecule has 0 spiro atoms. The van der Waals surface area contributed by atoms with Crippen molar-refractivity contribution < 1.29 is 24.2 Å². The van der Waals surface area contributed by atoms with Crippen LogP contribution in [0.3, 0.4) is 0 Å². The summed E-state index contributed by atoms with van der Waals surface area (Å²) in [5.41, 5.74) is 0. The monoisotopic (exact) mass is 1270 g/mol. The van der Waals surface area contributed by atoms with Gasteiger partial charge in [0.15, 0.2) is 6.10 Å². The van der Waals surface area contributed by atoms with Gasteiger partial charge in [-0.3, -0.25) is 9.59 Å². The summed E-state index contributed by atoms with van der Waals surface area (Å²) < 4.78 is 10.7. The lowest BCUT2D eigenvalue weighted by Crippen LogP contribution is -2.28. The third kappa shape index (κ3) is 77.7. The van der Waals surface area contributed by atoms with E-state index in [9.17, 15) is 14.7 Å². The molecule has 1 atom stereocenters. The predicted octanol–water partition coefficient (Wildman–Crippen LogP) is 27.5. The first-order chi connectivity index (χ1) is 45.6. The maximum Gasteiger partial charge on any atom is 0.306 e. The zero-order chi connectivity index (χ0) is 66.1. The number of allylic oxidation sites excluding steroid dienone is 28. The minimum Gasteiger partial charge on any atom is -0.462 e. The Labute approximate surface area is 570 Å². The standard InChI is InChI=1S/C87H144O5/c1-3-5-7-9-11-13-15-17-19-21-23-25-27-29-31-33-35-37-39-41-42-43-44-46-47-49-51-53-55-57-59-61-63-65-67-69-71-73-75-77-79-81-86(89)91-84-85(83-88)92-87(90)82-80-78-76-74-72-70-68-66-64-62-60-58-56-54-52-50-48-45-40-38-36-34-32-30-28-26-24-22-20-18-16-14-12-10-8-6-4-2/h6,8,12,14-15,17-18,20-21,23-24,26-27,29-30,32,36,38,45,48,52,54,58,60,64,66,70,72,85,88H,3-5,7,9-11,13,16,19,22,25,28,31,33-35,37,39-44,46-47,49-51,53,55-57,59,61-63,65,67-69,71,73-84H2,1-2H3/b8-6-,14-12-,17-15-,20-18-,23-21-,26-24-,29-27-,32-30-,38-36-,48-45-,54-52-,60-58-,66-64-,72-70-. The Morgan fingerprint density at radius 2 is 0.467 bits per heavy atom. The van der Waals surface area contributed by atoms with Gasteiger partial charge in [-0.15, -0.1) is 0 Å². The highest BCUT2D eigenvalue weighted by atomic mass is 16.6. The van der Waals surface area contributed by atoms with Gasteiger partial charge in [-0.2, -0.15) is 0 Å². The predicted molar refractivity (Wildman–Crippen MR) is 407 cm³/mol. The van der Waals surface area contributed by atoms with Crippen molar-refractivity contribution in [3.63, 3.8) is 0 Å². The van der Waals surface area contributed by atoms with Crippen molar-refractivity contribution in [1.29, 1.82) is 0 Å². The molecule has 5 nitrogen and oxygen atoms in total. The van der Waals surface area contributed by atoms with E-state index in [2.05, 4.69) is 184 Å². The summed E-state index contributed by atoms with van der Waals surface area (Å²) in [6, 6.07) is 0. The largest absolute Gasteiger partial charge is 0.462 e. The van der Waals surface area contributed by atoms with E-state index in [1.807, 2.05) is 0 Å². The maximum absolute atomic E-state index is 12.4. The van der Waals surface area contributed by atoms with Gasteiger partial charge in [-0.05, 0) is 135 Å². The van der Waals surface area contributed by atoms with Gasteiger partial charge in [0.2, 0.25) is 0 Å². The second kappa shape index (κ2) is 80.5. The number of hydrogen-bond donors (Lipinski definition) is 1. The van der Waals surface area contributed by atoms with Gasteiger partial charge in [0.1, 0.15) is 6.61 Å². The summed E-state index contributed by atoms with van der Waals surface area (Å²) in [4.78, 5) is 24.7. The molecule has 92 heavy (non-hydrogen) atoms. The Hall–Kier alpha value is -4.74. The van der Waals surface area contributed by atoms with Crippen molar-refractivity contribution in [2.75, 3.05) is 13.2 Å². The number of unbranched alkanes of at least 4 members (excludes halogenated alkanes) is 34. The van der Waals surface area contributed by atoms with Crippen LogP contribution in [0.5, 0.6) is 0 Å². The number of carbonyl (C=O) groups excluding carboxylic acids is 2. The molecule has 0 radical (unpaired) electrons. The van der Waals surface area contributed by atoms with Crippen molar-refractivity contribution >= 4 is 11.9 Å². The van der Waals surface area contributed by atoms with Gasteiger partial charge in [0, 0.05) is 12.8 Å². The van der Waals surface area contributed by atoms with Gasteiger partial charge >= 0.3 is 11.9 Å². The van der Waals surface area contributed by atoms with E-state index in [1.54, 1.807) is 0 Å². The van der Waals surface area contributed by atoms with E-state index in [4.69, 9.17) is 9.47 Å². The summed E-state index contributed by atoms with van der Waals surface area (Å²) in [5.74, 6) is -0.628. The van der Waals surface area contributed by atoms with Crippen LogP contribution in [0.4, 0.5) is 0 Å². The molecule has 0 aromatic heterocycles. The summed E-state index contributed by atoms with van der Waals surface area (Å²) in [6.45, 7) is 4.01. The number of aliphatic hydroxyl groups excluding tert-OH is 1. The van der Waals surface area contributed by atoms with Crippen molar-refractivity contribution in [2.45, 2.75) is 354 Å². The van der Waals surface area contributed by atoms with Crippen molar-refractivity contribution in [3.05, 3.63) is 170 Å². The van der Waals surface area contributed by atoms with E-state index < -0.39 is 6.10 Å². The highest BCUT2D eigenvalue weighted by Gasteiger charge is 2.16. The number of ether oxygens (including phenoxy) is 2. The van der Waals surface area contributed by atoms with Crippen LogP contribution < -0.4 is 0 Å². The molecule has 0 aromatic rings. The Balaban J connectivity index is 3.53. The average Bonchev–Trinajstić information content (AvgIpc) is 3.70. The first-order valence-corrected chi connectivity index (χ1v) is 38.7. The van der Waals surface area contributed by atoms with E-state index in [0.29, 0.717) is 12.8 Å². The van der Waals surface area contributed by atoms with Crippen LogP contribution in [-0.4, -0.2) is 36.4 Å². The van der Waals surface area contributed by atoms with Crippen molar-refractivity contribution in [2.24, 2.45) is 0 Å². The van der Waals surface area contributed by atoms with Crippen LogP contribution in [-0.2, 0) is 19.1 Å². The summed E-state index contributed by atoms with van der Waals surface area (Å²) in [6.07, 6.45) is 124. The third-order valence-corrected chi connectivity index (χ3v) is 16.5. The minimum absolute atomic E-state index is 0.0863. The fraction of sp³-hybridized carbons (Fsp3) is 0.655. The van der Waals surface area contributed by atoms with Crippen LogP contribution in [0.1, 0.15) is 348 Å². The molecule has 0 saturated carbocycles. The van der Waals surface area contributed by atoms with Crippen LogP contribution in [0.25, 0.3) is 0 Å². The molecule has 0 bridgehead atoms. The molecule has 5 heteroatoms. The van der Waals surface area contributed by atoms with E-state index in [-0.39, 0.29) is 25.2 Å². The van der Waals surface area contributed by atoms with Crippen molar-refractivity contribution in [3.8, 4) is 0 Å². The Kier molecular flexibility index (Phi) is 76.3. The molecule has 0 aromatic carbocycles. The average molecular weight is 1270 g/mol. The van der Waals surface area contributed by atoms with Crippen LogP contribution in [0, 0.1) is 0 Å². The third-order valence-electron chi connectivity index (χ3n) is 16.5. The smallest absolute Gasteiger partial charge is 0.306 e. The summed E-state index contributed by atoms with van der Waals surface area (Å²) >= 11 is 0. The lowest BCUT2D eigenvalue weighted by molar-refractivity contribution is -0.161. The first-order valence-electron chi connectivity index (χ1n) is 38.7. The number of hydrogen-bond acceptors (Lipinski definition) is 5. The number of esters is 2. The molecule has 522 valence electrons. The lowest BCUT2D eigenvalue weighted by Gasteiger charge is -2.15. The molecule has 0 aliphatic rings. The maximum atomic E-state index is 12.4. The number of rotatable bonds is 70. The van der Waals surface area contributed by atoms with E-state index in [1.165, 1.54) is 193 Å². The molecule has 0 saturated heterocycles. The zero-order valence-electron chi connectivity index (χ0n) is 60.0. The highest BCUT2D eigenvalue weighted by molar-refractivity contribution is 5.70. The molecule has 0 rings (SSSR count). The molecular weight excluding hydrogens is 1120 g/mol. The first kappa shape index (κ1) is 87.3. The summed E-state index contributed by atoms with van der Waals surface area (Å²) in [5, 5.41) is 9.71. The normalized spacial score (nSPS) is 13.2. The highest BCUT2D eigenvalue weighted by Crippen LogP contribution is 2.18. The molecule has 0 aliphatic heterocycles. The van der Waals surface area contributed by atoms with E-state index in [0.717, 1.165) is 128 Å². The summed E-state index contributed by atoms with van der Waals surface area (Å²) in [7, 11) is 0. The zero-order valence-corrected chi connectivity index (χ0v) is 60.0. The Morgan fingerprint density at radius 3 is 0.717 bits per heavy atom. The van der Waals surface area contributed by atoms with Gasteiger partial charge in [0.25, 0.3) is 0 Å². The second-order valence-corrected chi connectivity index (χ2v) is 25.3. The quantitative estimate of drug-likeness (QED) is 0.0373. The number of aliphatic hydroxyl groups is 1. The SMILES string of the molecule is CC/C=C\C/C=C\C/C=C\C/C=C\C/C=C\C/C=C\C/C=C\C/C=C\C/C=C\C/C=C\C/C=C\CCCCCC(=O)OC(CO)COC(=O)CCCCCCCCCCCCCCCCCCCCCCCCCCCC/C=C\C/C=C\C/C=C\CCCCCCC. The van der Waals surface area contributed by atoms with Gasteiger partial charge < -0.3 is 14.6 Å². The lowest BCUT2D eigenvalue weighted by atomic mass is 10.0. The number of carbonyl (C=O) groups is 2. The molecule has 0 amide bonds. The molecule has 1 unspecified atom stereocenters. The van der Waals surface area contributed by atoms with Gasteiger partial charge in [-0.25, -0.2) is 0 Å². The molecule has 0 heterocycles. The Morgan fingerprint density at radius 1 is 0.261 bits per heavy atom. The second-order valence-electron chi connectivity index (χ2n) is 25.3. The fourth-order valence-corrected chi connectivity index (χ4v) is 10.7. The van der Waals surface area contributed by atoms with Crippen molar-refractivity contribution in [1.82, 2.24) is 0 Å². The van der Waals surface area contributed by atoms with Gasteiger partial charge in [0.05, 0.1) is 6.61 Å². The molecular formula is C87H144O5. The van der Waals surface area contributed by atoms with Crippen LogP contribution in [0.15, 0.2) is 170 Å². The minimum atomic E-state index is -0.802. The fourth-order valence-electron chi connectivity index (χ4n) is 10.7. The van der Waals surface area contributed by atoms with Crippen LogP contribution in [0.2, 0.25) is 0 Å². The molecule has 0 aliphatic carbocycles. The molecule has 0 fully saturated rings. The van der Waals surface area contributed by atoms with E-state index >= 15 is 0 Å².